The first-order chi connectivity index (χ1) is 10.6. The lowest BCUT2D eigenvalue weighted by atomic mass is 10.1. The van der Waals surface area contributed by atoms with Crippen molar-refractivity contribution in [1.82, 2.24) is 4.90 Å². The fraction of sp³-hybridized carbons (Fsp3) is 0.467. The first-order valence-corrected chi connectivity index (χ1v) is 8.13. The molecule has 0 radical (unpaired) electrons. The van der Waals surface area contributed by atoms with Crippen LogP contribution in [0.4, 0.5) is 0 Å². The van der Waals surface area contributed by atoms with Gasteiger partial charge in [-0.05, 0) is 24.6 Å². The molecule has 2 aliphatic rings. The Balaban J connectivity index is 1.87. The molecule has 0 bridgehead atoms. The van der Waals surface area contributed by atoms with Crippen molar-refractivity contribution < 1.29 is 23.8 Å². The van der Waals surface area contributed by atoms with Crippen molar-refractivity contribution in [2.75, 3.05) is 19.2 Å². The van der Waals surface area contributed by atoms with Crippen LogP contribution in [0.1, 0.15) is 24.8 Å². The van der Waals surface area contributed by atoms with Crippen molar-refractivity contribution in [3.63, 3.8) is 0 Å². The van der Waals surface area contributed by atoms with E-state index in [0.717, 1.165) is 5.56 Å². The molecule has 1 saturated heterocycles. The zero-order valence-electron chi connectivity index (χ0n) is 12.4. The summed E-state index contributed by atoms with van der Waals surface area (Å²) in [6.45, 7) is 3.74. The second kappa shape index (κ2) is 6.08. The van der Waals surface area contributed by atoms with Crippen LogP contribution in [-0.4, -0.2) is 42.0 Å². The monoisotopic (exact) mass is 323 g/mol. The molecule has 1 fully saturated rings. The Bertz CT molecular complexity index is 606. The third-order valence-electron chi connectivity index (χ3n) is 3.60. The molecule has 0 saturated carbocycles. The molecule has 1 amide bonds. The van der Waals surface area contributed by atoms with E-state index >= 15 is 0 Å². The molecule has 0 aliphatic carbocycles. The topological polar surface area (TPSA) is 65.1 Å². The molecule has 1 aromatic rings. The van der Waals surface area contributed by atoms with Crippen molar-refractivity contribution >= 4 is 23.6 Å². The predicted molar refractivity (Wildman–Crippen MR) is 80.7 cm³/mol. The minimum atomic E-state index is -0.544. The quantitative estimate of drug-likeness (QED) is 0.792. The van der Waals surface area contributed by atoms with Gasteiger partial charge in [-0.3, -0.25) is 4.79 Å². The lowest BCUT2D eigenvalue weighted by Gasteiger charge is -2.27. The Hall–Kier alpha value is -1.89. The molecule has 0 N–H and O–H groups in total. The Kier molecular flexibility index (Phi) is 4.15. The van der Waals surface area contributed by atoms with Crippen LogP contribution >= 0.6 is 11.8 Å². The summed E-state index contributed by atoms with van der Waals surface area (Å²) in [7, 11) is 0. The van der Waals surface area contributed by atoms with Crippen molar-refractivity contribution in [3.8, 4) is 11.5 Å². The lowest BCUT2D eigenvalue weighted by molar-refractivity contribution is -0.153. The van der Waals surface area contributed by atoms with Gasteiger partial charge in [0.05, 0.1) is 6.61 Å². The first-order valence-electron chi connectivity index (χ1n) is 7.08. The number of hydrogen-bond donors (Lipinski definition) is 0. The van der Waals surface area contributed by atoms with Crippen LogP contribution in [-0.2, 0) is 14.3 Å². The average Bonchev–Trinajstić information content (AvgIpc) is 3.13. The molecule has 2 atom stereocenters. The van der Waals surface area contributed by atoms with E-state index in [1.54, 1.807) is 23.6 Å². The number of esters is 1. The van der Waals surface area contributed by atoms with Crippen LogP contribution in [0.25, 0.3) is 0 Å². The zero-order valence-corrected chi connectivity index (χ0v) is 13.2. The van der Waals surface area contributed by atoms with E-state index in [2.05, 4.69) is 0 Å². The Morgan fingerprint density at radius 3 is 2.86 bits per heavy atom. The minimum absolute atomic E-state index is 0.147. The van der Waals surface area contributed by atoms with Crippen LogP contribution in [0.3, 0.4) is 0 Å². The summed E-state index contributed by atoms with van der Waals surface area (Å²) in [5.41, 5.74) is 0.913. The average molecular weight is 323 g/mol. The summed E-state index contributed by atoms with van der Waals surface area (Å²) in [5, 5.41) is -0.221. The summed E-state index contributed by atoms with van der Waals surface area (Å²) >= 11 is 1.55. The highest BCUT2D eigenvalue weighted by Crippen LogP contribution is 2.44. The first kappa shape index (κ1) is 15.0. The number of carbonyl (C=O) groups is 2. The van der Waals surface area contributed by atoms with Gasteiger partial charge >= 0.3 is 5.97 Å². The molecule has 2 aliphatic heterocycles. The Morgan fingerprint density at radius 1 is 1.36 bits per heavy atom. The molecule has 22 heavy (non-hydrogen) atoms. The van der Waals surface area contributed by atoms with Crippen molar-refractivity contribution in [2.45, 2.75) is 25.3 Å². The fourth-order valence-corrected chi connectivity index (χ4v) is 4.09. The molecule has 2 heterocycles. The molecule has 1 aromatic carbocycles. The molecular formula is C15H17NO5S. The van der Waals surface area contributed by atoms with Crippen LogP contribution in [0.2, 0.25) is 0 Å². The van der Waals surface area contributed by atoms with Crippen LogP contribution in [0.15, 0.2) is 18.2 Å². The molecular weight excluding hydrogens is 306 g/mol. The van der Waals surface area contributed by atoms with Crippen LogP contribution < -0.4 is 9.47 Å². The van der Waals surface area contributed by atoms with Gasteiger partial charge in [0.15, 0.2) is 11.5 Å². The van der Waals surface area contributed by atoms with Gasteiger partial charge in [-0.2, -0.15) is 0 Å². The van der Waals surface area contributed by atoms with E-state index < -0.39 is 6.04 Å². The number of carbonyl (C=O) groups excluding carboxylic acids is 2. The van der Waals surface area contributed by atoms with Crippen LogP contribution in [0, 0.1) is 0 Å². The maximum absolute atomic E-state index is 12.1. The largest absolute Gasteiger partial charge is 0.464 e. The van der Waals surface area contributed by atoms with E-state index in [9.17, 15) is 9.59 Å². The van der Waals surface area contributed by atoms with Gasteiger partial charge in [-0.15, -0.1) is 11.8 Å². The van der Waals surface area contributed by atoms with Crippen molar-refractivity contribution in [2.24, 2.45) is 0 Å². The number of fused-ring (bicyclic) bond motifs is 1. The predicted octanol–water partition coefficient (Wildman–Crippen LogP) is 1.94. The summed E-state index contributed by atoms with van der Waals surface area (Å²) in [5.74, 6) is 1.39. The molecule has 3 rings (SSSR count). The highest BCUT2D eigenvalue weighted by Gasteiger charge is 2.42. The smallest absolute Gasteiger partial charge is 0.329 e. The maximum Gasteiger partial charge on any atom is 0.329 e. The third kappa shape index (κ3) is 2.61. The van der Waals surface area contributed by atoms with Gasteiger partial charge in [0, 0.05) is 12.7 Å². The molecule has 7 heteroatoms. The van der Waals surface area contributed by atoms with Gasteiger partial charge in [0.1, 0.15) is 11.4 Å². The van der Waals surface area contributed by atoms with Crippen LogP contribution in [0.5, 0.6) is 11.5 Å². The summed E-state index contributed by atoms with van der Waals surface area (Å²) in [4.78, 5) is 25.7. The van der Waals surface area contributed by atoms with Crippen molar-refractivity contribution in [1.29, 1.82) is 0 Å². The number of ether oxygens (including phenoxy) is 3. The number of thioether (sulfide) groups is 1. The van der Waals surface area contributed by atoms with Gasteiger partial charge in [-0.25, -0.2) is 4.79 Å². The van der Waals surface area contributed by atoms with Gasteiger partial charge in [-0.1, -0.05) is 6.07 Å². The van der Waals surface area contributed by atoms with Gasteiger partial charge < -0.3 is 19.1 Å². The van der Waals surface area contributed by atoms with E-state index in [1.165, 1.54) is 6.92 Å². The summed E-state index contributed by atoms with van der Waals surface area (Å²) in [6.07, 6.45) is 0. The highest BCUT2D eigenvalue weighted by molar-refractivity contribution is 7.99. The summed E-state index contributed by atoms with van der Waals surface area (Å²) < 4.78 is 15.8. The molecule has 2 unspecified atom stereocenters. The lowest BCUT2D eigenvalue weighted by Crippen LogP contribution is -2.42. The zero-order chi connectivity index (χ0) is 15.7. The SMILES string of the molecule is CCOC(=O)C1CSC(c2ccc3c(c2)OCO3)N1C(C)=O. The number of rotatable bonds is 3. The second-order valence-corrected chi connectivity index (χ2v) is 6.11. The fourth-order valence-electron chi connectivity index (χ4n) is 2.63. The molecule has 6 nitrogen and oxygen atoms in total. The minimum Gasteiger partial charge on any atom is -0.464 e. The molecule has 118 valence electrons. The Morgan fingerprint density at radius 2 is 2.14 bits per heavy atom. The van der Waals surface area contributed by atoms with E-state index in [1.807, 2.05) is 18.2 Å². The normalized spacial score (nSPS) is 22.7. The standard InChI is InChI=1S/C15H17NO5S/c1-3-19-15(18)11-7-22-14(16(11)9(2)17)10-4-5-12-13(6-10)21-8-20-12/h4-6,11,14H,3,7-8H2,1-2H3. The number of amides is 1. The van der Waals surface area contributed by atoms with E-state index in [0.29, 0.717) is 23.9 Å². The molecule has 0 spiro atoms. The Labute approximate surface area is 132 Å². The van der Waals surface area contributed by atoms with E-state index in [-0.39, 0.29) is 24.0 Å². The molecule has 0 aromatic heterocycles. The third-order valence-corrected chi connectivity index (χ3v) is 4.93. The van der Waals surface area contributed by atoms with Crippen molar-refractivity contribution in [3.05, 3.63) is 23.8 Å². The second-order valence-electron chi connectivity index (χ2n) is 4.99. The number of benzene rings is 1. The van der Waals surface area contributed by atoms with Gasteiger partial charge in [0.2, 0.25) is 12.7 Å². The van der Waals surface area contributed by atoms with E-state index in [4.69, 9.17) is 14.2 Å². The number of hydrogen-bond acceptors (Lipinski definition) is 6. The van der Waals surface area contributed by atoms with Gasteiger partial charge in [0.25, 0.3) is 0 Å². The number of nitrogens with zero attached hydrogens (tertiary/aromatic N) is 1. The maximum atomic E-state index is 12.1. The summed E-state index contributed by atoms with van der Waals surface area (Å²) in [6, 6.07) is 5.05. The highest BCUT2D eigenvalue weighted by atomic mass is 32.2.